The Labute approximate surface area is 96.9 Å². The van der Waals surface area contributed by atoms with Crippen molar-refractivity contribution in [3.8, 4) is 0 Å². The van der Waals surface area contributed by atoms with E-state index in [1.54, 1.807) is 0 Å². The van der Waals surface area contributed by atoms with E-state index < -0.39 is 30.0 Å². The Morgan fingerprint density at radius 3 is 2.71 bits per heavy atom. The van der Waals surface area contributed by atoms with Crippen molar-refractivity contribution in [1.82, 2.24) is 0 Å². The number of ether oxygens (including phenoxy) is 3. The maximum absolute atomic E-state index is 11.2. The minimum Gasteiger partial charge on any atom is -0.451 e. The van der Waals surface area contributed by atoms with Gasteiger partial charge in [-0.3, -0.25) is 9.59 Å². The van der Waals surface area contributed by atoms with Crippen LogP contribution in [0.1, 0.15) is 19.8 Å². The Bertz CT molecular complexity index is 362. The number of rotatable bonds is 2. The van der Waals surface area contributed by atoms with E-state index in [9.17, 15) is 19.5 Å². The van der Waals surface area contributed by atoms with Crippen molar-refractivity contribution in [3.63, 3.8) is 0 Å². The molecule has 0 bridgehead atoms. The predicted octanol–water partition coefficient (Wildman–Crippen LogP) is -0.370. The molecule has 2 atom stereocenters. The van der Waals surface area contributed by atoms with E-state index in [-0.39, 0.29) is 12.8 Å². The Kier molecular flexibility index (Phi) is 3.84. The quantitative estimate of drug-likeness (QED) is 0.402. The highest BCUT2D eigenvalue weighted by Crippen LogP contribution is 2.22. The molecule has 0 spiro atoms. The molecule has 1 fully saturated rings. The second kappa shape index (κ2) is 4.96. The molecule has 1 aliphatic heterocycles. The van der Waals surface area contributed by atoms with Crippen molar-refractivity contribution in [1.29, 1.82) is 0 Å². The van der Waals surface area contributed by atoms with Crippen LogP contribution >= 0.6 is 0 Å². The van der Waals surface area contributed by atoms with Crippen LogP contribution in [0.2, 0.25) is 0 Å². The zero-order valence-corrected chi connectivity index (χ0v) is 9.17. The number of aliphatic hydroxyl groups is 1. The molecular weight excluding hydrogens is 232 g/mol. The van der Waals surface area contributed by atoms with Gasteiger partial charge in [-0.15, -0.1) is 0 Å². The van der Waals surface area contributed by atoms with Gasteiger partial charge in [0.15, 0.2) is 0 Å². The van der Waals surface area contributed by atoms with Gasteiger partial charge in [0, 0.05) is 6.08 Å². The van der Waals surface area contributed by atoms with Crippen molar-refractivity contribution < 1.29 is 33.7 Å². The summed E-state index contributed by atoms with van der Waals surface area (Å²) in [6, 6.07) is 0. The fraction of sp³-hybridized carbons (Fsp3) is 0.500. The Balaban J connectivity index is 2.90. The molecule has 1 rings (SSSR count). The average molecular weight is 244 g/mol. The maximum Gasteiger partial charge on any atom is 0.412 e. The lowest BCUT2D eigenvalue weighted by atomic mass is 10.2. The van der Waals surface area contributed by atoms with Crippen LogP contribution in [0.3, 0.4) is 0 Å². The molecule has 1 aliphatic rings. The van der Waals surface area contributed by atoms with Gasteiger partial charge in [0.1, 0.15) is 0 Å². The molecule has 17 heavy (non-hydrogen) atoms. The summed E-state index contributed by atoms with van der Waals surface area (Å²) in [6.07, 6.45) is -0.976. The number of carbonyl (C=O) groups excluding carboxylic acids is 3. The van der Waals surface area contributed by atoms with Crippen LogP contribution in [0.5, 0.6) is 0 Å². The Morgan fingerprint density at radius 2 is 2.12 bits per heavy atom. The van der Waals surface area contributed by atoms with Gasteiger partial charge in [-0.05, 0) is 6.92 Å². The van der Waals surface area contributed by atoms with Gasteiger partial charge in [-0.1, -0.05) is 6.58 Å². The topological polar surface area (TPSA) is 99.1 Å². The van der Waals surface area contributed by atoms with Crippen molar-refractivity contribution in [2.45, 2.75) is 31.8 Å². The summed E-state index contributed by atoms with van der Waals surface area (Å²) in [4.78, 5) is 33.3. The molecule has 1 saturated heterocycles. The summed E-state index contributed by atoms with van der Waals surface area (Å²) in [6.45, 7) is 4.35. The minimum atomic E-state index is -2.63. The van der Waals surface area contributed by atoms with Gasteiger partial charge in [-0.2, -0.15) is 0 Å². The lowest BCUT2D eigenvalue weighted by Crippen LogP contribution is -2.51. The third-order valence-electron chi connectivity index (χ3n) is 2.03. The number of hydrogen-bond acceptors (Lipinski definition) is 7. The standard InChI is InChI=1S/C10H12O7/c1-3-7(11)16-10(14)6(2)15-8(12)4-5-9(13)17-10/h3,6,14H,1,4-5H2,2H3. The van der Waals surface area contributed by atoms with E-state index in [4.69, 9.17) is 4.74 Å². The van der Waals surface area contributed by atoms with Crippen LogP contribution in [-0.2, 0) is 28.6 Å². The van der Waals surface area contributed by atoms with Crippen molar-refractivity contribution in [2.75, 3.05) is 0 Å². The largest absolute Gasteiger partial charge is 0.451 e. The normalized spacial score (nSPS) is 29.4. The first-order chi connectivity index (χ1) is 7.87. The molecule has 94 valence electrons. The first-order valence-corrected chi connectivity index (χ1v) is 4.86. The first kappa shape index (κ1) is 13.2. The van der Waals surface area contributed by atoms with Gasteiger partial charge in [0.05, 0.1) is 12.8 Å². The van der Waals surface area contributed by atoms with Crippen molar-refractivity contribution in [2.24, 2.45) is 0 Å². The predicted molar refractivity (Wildman–Crippen MR) is 52.1 cm³/mol. The highest BCUT2D eigenvalue weighted by molar-refractivity contribution is 5.82. The summed E-state index contributed by atoms with van der Waals surface area (Å²) in [5.74, 6) is -5.20. The van der Waals surface area contributed by atoms with E-state index in [1.165, 1.54) is 6.92 Å². The second-order valence-corrected chi connectivity index (χ2v) is 3.36. The third kappa shape index (κ3) is 3.28. The zero-order chi connectivity index (χ0) is 13.1. The smallest absolute Gasteiger partial charge is 0.412 e. The molecule has 1 heterocycles. The van der Waals surface area contributed by atoms with Crippen molar-refractivity contribution in [3.05, 3.63) is 12.7 Å². The van der Waals surface area contributed by atoms with Gasteiger partial charge in [0.2, 0.25) is 6.10 Å². The SMILES string of the molecule is C=CC(=O)OC1(O)OC(=O)CCC(=O)OC1C. The third-order valence-corrected chi connectivity index (χ3v) is 2.03. The van der Waals surface area contributed by atoms with Crippen LogP contribution < -0.4 is 0 Å². The molecule has 2 unspecified atom stereocenters. The van der Waals surface area contributed by atoms with E-state index in [0.717, 1.165) is 6.08 Å². The Hall–Kier alpha value is -1.89. The summed E-state index contributed by atoms with van der Waals surface area (Å²) in [5.41, 5.74) is 0. The van der Waals surface area contributed by atoms with Crippen LogP contribution in [0.15, 0.2) is 12.7 Å². The van der Waals surface area contributed by atoms with E-state index in [1.807, 2.05) is 0 Å². The van der Waals surface area contributed by atoms with Crippen LogP contribution in [0.4, 0.5) is 0 Å². The van der Waals surface area contributed by atoms with Crippen LogP contribution in [-0.4, -0.2) is 35.1 Å². The van der Waals surface area contributed by atoms with Gasteiger partial charge >= 0.3 is 23.9 Å². The lowest BCUT2D eigenvalue weighted by molar-refractivity contribution is -0.359. The molecule has 0 amide bonds. The van der Waals surface area contributed by atoms with Gasteiger partial charge in [-0.25, -0.2) is 4.79 Å². The molecule has 0 saturated carbocycles. The van der Waals surface area contributed by atoms with Crippen LogP contribution in [0, 0.1) is 0 Å². The molecule has 0 radical (unpaired) electrons. The maximum atomic E-state index is 11.2. The molecule has 1 N–H and O–H groups in total. The second-order valence-electron chi connectivity index (χ2n) is 3.36. The summed E-state index contributed by atoms with van der Waals surface area (Å²) in [7, 11) is 0. The monoisotopic (exact) mass is 244 g/mol. The van der Waals surface area contributed by atoms with E-state index in [0.29, 0.717) is 0 Å². The lowest BCUT2D eigenvalue weighted by Gasteiger charge is -2.32. The Morgan fingerprint density at radius 1 is 1.53 bits per heavy atom. The molecule has 7 nitrogen and oxygen atoms in total. The number of carbonyl (C=O) groups is 3. The van der Waals surface area contributed by atoms with Crippen molar-refractivity contribution >= 4 is 17.9 Å². The fourth-order valence-electron chi connectivity index (χ4n) is 1.12. The molecule has 0 aromatic rings. The van der Waals surface area contributed by atoms with Crippen LogP contribution in [0.25, 0.3) is 0 Å². The molecular formula is C10H12O7. The number of hydrogen-bond donors (Lipinski definition) is 1. The molecule has 0 aromatic heterocycles. The van der Waals surface area contributed by atoms with E-state index >= 15 is 0 Å². The highest BCUT2D eigenvalue weighted by Gasteiger charge is 2.46. The summed E-state index contributed by atoms with van der Waals surface area (Å²) >= 11 is 0. The molecule has 7 heteroatoms. The van der Waals surface area contributed by atoms with E-state index in [2.05, 4.69) is 16.1 Å². The fourth-order valence-corrected chi connectivity index (χ4v) is 1.12. The first-order valence-electron chi connectivity index (χ1n) is 4.86. The minimum absolute atomic E-state index is 0.158. The summed E-state index contributed by atoms with van der Waals surface area (Å²) < 4.78 is 13.8. The number of esters is 3. The summed E-state index contributed by atoms with van der Waals surface area (Å²) in [5, 5.41) is 9.82. The van der Waals surface area contributed by atoms with Gasteiger partial charge < -0.3 is 19.3 Å². The average Bonchev–Trinajstić information content (AvgIpc) is 2.24. The zero-order valence-electron chi connectivity index (χ0n) is 9.17. The molecule has 0 aromatic carbocycles. The van der Waals surface area contributed by atoms with Gasteiger partial charge in [0.25, 0.3) is 0 Å². The highest BCUT2D eigenvalue weighted by atomic mass is 16.9. The number of cyclic esters (lactones) is 2. The molecule has 0 aliphatic carbocycles.